The molecule has 1 aromatic carbocycles. The molecule has 0 amide bonds. The van der Waals surface area contributed by atoms with E-state index in [1.807, 2.05) is 0 Å². The van der Waals surface area contributed by atoms with Crippen LogP contribution in [0.15, 0.2) is 33.3 Å². The zero-order chi connectivity index (χ0) is 11.7. The molecule has 3 nitrogen and oxygen atoms in total. The first-order chi connectivity index (χ1) is 7.56. The molecule has 16 heavy (non-hydrogen) atoms. The Labute approximate surface area is 108 Å². The van der Waals surface area contributed by atoms with Gasteiger partial charge < -0.3 is 5.73 Å². The number of nitrogens with two attached hydrogens (primary N) is 1. The van der Waals surface area contributed by atoms with Crippen molar-refractivity contribution in [3.63, 3.8) is 0 Å². The quantitative estimate of drug-likeness (QED) is 0.861. The lowest BCUT2D eigenvalue weighted by molar-refractivity contribution is 0.627. The number of halogens is 3. The Bertz CT molecular complexity index is 525. The average molecular weight is 347 g/mol. The summed E-state index contributed by atoms with van der Waals surface area (Å²) in [6.45, 7) is 0. The summed E-state index contributed by atoms with van der Waals surface area (Å²) in [7, 11) is 0. The summed E-state index contributed by atoms with van der Waals surface area (Å²) in [5.74, 6) is 0.362. The van der Waals surface area contributed by atoms with E-state index in [1.54, 1.807) is 6.07 Å². The van der Waals surface area contributed by atoms with Crippen molar-refractivity contribution in [1.29, 1.82) is 0 Å². The zero-order valence-corrected chi connectivity index (χ0v) is 11.1. The summed E-state index contributed by atoms with van der Waals surface area (Å²) in [5, 5.41) is 0. The van der Waals surface area contributed by atoms with Gasteiger partial charge >= 0.3 is 0 Å². The Kier molecular flexibility index (Phi) is 3.20. The van der Waals surface area contributed by atoms with E-state index >= 15 is 0 Å². The van der Waals surface area contributed by atoms with Crippen LogP contribution in [0, 0.1) is 5.82 Å². The van der Waals surface area contributed by atoms with E-state index in [4.69, 9.17) is 5.73 Å². The zero-order valence-electron chi connectivity index (χ0n) is 7.92. The summed E-state index contributed by atoms with van der Waals surface area (Å²) in [6, 6.07) is 4.45. The lowest BCUT2D eigenvalue weighted by Gasteiger charge is -2.03. The third kappa shape index (κ3) is 2.38. The van der Waals surface area contributed by atoms with Crippen LogP contribution in [0.2, 0.25) is 0 Å². The van der Waals surface area contributed by atoms with Crippen LogP contribution in [-0.2, 0) is 0 Å². The summed E-state index contributed by atoms with van der Waals surface area (Å²) >= 11 is 6.40. The van der Waals surface area contributed by atoms with E-state index in [0.29, 0.717) is 26.2 Å². The van der Waals surface area contributed by atoms with Gasteiger partial charge in [-0.05, 0) is 34.1 Å². The van der Waals surface area contributed by atoms with Gasteiger partial charge in [-0.2, -0.15) is 0 Å². The Morgan fingerprint density at radius 2 is 1.94 bits per heavy atom. The molecule has 0 fully saturated rings. The van der Waals surface area contributed by atoms with Crippen molar-refractivity contribution in [2.24, 2.45) is 0 Å². The summed E-state index contributed by atoms with van der Waals surface area (Å²) in [6.07, 6.45) is 1.54. The van der Waals surface area contributed by atoms with E-state index in [1.165, 1.54) is 18.3 Å². The number of aromatic nitrogens is 2. The Hall–Kier alpha value is -1.01. The molecule has 2 aromatic rings. The highest BCUT2D eigenvalue weighted by molar-refractivity contribution is 9.10. The summed E-state index contributed by atoms with van der Waals surface area (Å²) < 4.78 is 14.4. The fourth-order valence-corrected chi connectivity index (χ4v) is 1.86. The normalized spacial score (nSPS) is 10.4. The molecule has 0 aliphatic heterocycles. The van der Waals surface area contributed by atoms with Gasteiger partial charge in [0.2, 0.25) is 0 Å². The number of hydrogen-bond acceptors (Lipinski definition) is 3. The summed E-state index contributed by atoms with van der Waals surface area (Å²) in [4.78, 5) is 8.12. The van der Waals surface area contributed by atoms with Gasteiger partial charge in [-0.15, -0.1) is 0 Å². The molecule has 6 heteroatoms. The molecular formula is C10H6Br2FN3. The highest BCUT2D eigenvalue weighted by atomic mass is 79.9. The molecule has 82 valence electrons. The van der Waals surface area contributed by atoms with E-state index in [-0.39, 0.29) is 5.82 Å². The van der Waals surface area contributed by atoms with Gasteiger partial charge in [0.25, 0.3) is 0 Å². The predicted octanol–water partition coefficient (Wildman–Crippen LogP) is 3.39. The van der Waals surface area contributed by atoms with Gasteiger partial charge in [-0.1, -0.05) is 15.9 Å². The molecule has 2 rings (SSSR count). The molecule has 0 saturated heterocycles. The third-order valence-corrected chi connectivity index (χ3v) is 2.96. The topological polar surface area (TPSA) is 51.8 Å². The van der Waals surface area contributed by atoms with Crippen LogP contribution in [0.3, 0.4) is 0 Å². The van der Waals surface area contributed by atoms with Crippen molar-refractivity contribution in [3.8, 4) is 11.4 Å². The molecule has 2 N–H and O–H groups in total. The molecule has 0 saturated carbocycles. The molecule has 1 aromatic heterocycles. The maximum absolute atomic E-state index is 13.2. The van der Waals surface area contributed by atoms with E-state index in [9.17, 15) is 4.39 Å². The van der Waals surface area contributed by atoms with Crippen LogP contribution in [-0.4, -0.2) is 9.97 Å². The lowest BCUT2D eigenvalue weighted by atomic mass is 10.2. The smallest absolute Gasteiger partial charge is 0.161 e. The van der Waals surface area contributed by atoms with E-state index in [0.717, 1.165) is 0 Å². The Morgan fingerprint density at radius 3 is 2.56 bits per heavy atom. The SMILES string of the molecule is Nc1nc(-c2cc(F)cc(Br)c2)ncc1Br. The number of benzene rings is 1. The van der Waals surface area contributed by atoms with Crippen LogP contribution < -0.4 is 5.73 Å². The molecule has 0 spiro atoms. The van der Waals surface area contributed by atoms with Gasteiger partial charge in [0.1, 0.15) is 11.6 Å². The Balaban J connectivity index is 2.54. The molecule has 0 aliphatic rings. The first-order valence-corrected chi connectivity index (χ1v) is 5.89. The molecule has 0 radical (unpaired) electrons. The Morgan fingerprint density at radius 1 is 1.19 bits per heavy atom. The number of nitrogen functional groups attached to an aromatic ring is 1. The van der Waals surface area contributed by atoms with Crippen LogP contribution in [0.5, 0.6) is 0 Å². The van der Waals surface area contributed by atoms with Crippen molar-refractivity contribution >= 4 is 37.7 Å². The monoisotopic (exact) mass is 345 g/mol. The maximum atomic E-state index is 13.2. The van der Waals surface area contributed by atoms with Crippen molar-refractivity contribution in [2.75, 3.05) is 5.73 Å². The fraction of sp³-hybridized carbons (Fsp3) is 0. The van der Waals surface area contributed by atoms with Crippen molar-refractivity contribution in [3.05, 3.63) is 39.2 Å². The molecule has 0 unspecified atom stereocenters. The maximum Gasteiger partial charge on any atom is 0.161 e. The highest BCUT2D eigenvalue weighted by Gasteiger charge is 2.06. The number of nitrogens with zero attached hydrogens (tertiary/aromatic N) is 2. The molecule has 0 bridgehead atoms. The molecule has 1 heterocycles. The second-order valence-electron chi connectivity index (χ2n) is 3.08. The average Bonchev–Trinajstić information content (AvgIpc) is 2.20. The van der Waals surface area contributed by atoms with Crippen molar-refractivity contribution in [1.82, 2.24) is 9.97 Å². The largest absolute Gasteiger partial charge is 0.383 e. The van der Waals surface area contributed by atoms with Crippen LogP contribution in [0.4, 0.5) is 10.2 Å². The van der Waals surface area contributed by atoms with E-state index < -0.39 is 0 Å². The minimum atomic E-state index is -0.352. The fourth-order valence-electron chi connectivity index (χ4n) is 1.20. The van der Waals surface area contributed by atoms with Crippen molar-refractivity contribution in [2.45, 2.75) is 0 Å². The van der Waals surface area contributed by atoms with Crippen LogP contribution in [0.1, 0.15) is 0 Å². The van der Waals surface area contributed by atoms with E-state index in [2.05, 4.69) is 41.8 Å². The molecule has 0 aliphatic carbocycles. The molecule has 0 atom stereocenters. The minimum Gasteiger partial charge on any atom is -0.383 e. The van der Waals surface area contributed by atoms with Gasteiger partial charge in [0, 0.05) is 16.2 Å². The second-order valence-corrected chi connectivity index (χ2v) is 4.85. The van der Waals surface area contributed by atoms with Gasteiger partial charge in [0.15, 0.2) is 5.82 Å². The predicted molar refractivity (Wildman–Crippen MR) is 67.2 cm³/mol. The third-order valence-electron chi connectivity index (χ3n) is 1.89. The number of anilines is 1. The lowest BCUT2D eigenvalue weighted by Crippen LogP contribution is -1.96. The molecular weight excluding hydrogens is 341 g/mol. The number of rotatable bonds is 1. The minimum absolute atomic E-state index is 0.324. The van der Waals surface area contributed by atoms with Crippen LogP contribution >= 0.6 is 31.9 Å². The van der Waals surface area contributed by atoms with Crippen LogP contribution in [0.25, 0.3) is 11.4 Å². The highest BCUT2D eigenvalue weighted by Crippen LogP contribution is 2.24. The number of hydrogen-bond donors (Lipinski definition) is 1. The first kappa shape index (κ1) is 11.5. The van der Waals surface area contributed by atoms with Crippen molar-refractivity contribution < 1.29 is 4.39 Å². The summed E-state index contributed by atoms with van der Waals surface area (Å²) in [5.41, 5.74) is 6.21. The van der Waals surface area contributed by atoms with Gasteiger partial charge in [-0.25, -0.2) is 14.4 Å². The first-order valence-electron chi connectivity index (χ1n) is 4.31. The van der Waals surface area contributed by atoms with Gasteiger partial charge in [-0.3, -0.25) is 0 Å². The second kappa shape index (κ2) is 4.47. The van der Waals surface area contributed by atoms with Gasteiger partial charge in [0.05, 0.1) is 4.47 Å². The standard InChI is InChI=1S/C10H6Br2FN3/c11-6-1-5(2-7(13)3-6)10-15-4-8(12)9(14)16-10/h1-4H,(H2,14,15,16).